The van der Waals surface area contributed by atoms with Gasteiger partial charge in [-0.1, -0.05) is 20.8 Å². The molecule has 0 radical (unpaired) electrons. The third-order valence-electron chi connectivity index (χ3n) is 1.79. The predicted molar refractivity (Wildman–Crippen MR) is 65.7 cm³/mol. The van der Waals surface area contributed by atoms with Crippen LogP contribution < -0.4 is 11.1 Å². The fourth-order valence-electron chi connectivity index (χ4n) is 0.992. The molecule has 1 heterocycles. The first kappa shape index (κ1) is 14.8. The highest BCUT2D eigenvalue weighted by Crippen LogP contribution is 2.17. The van der Waals surface area contributed by atoms with Crippen LogP contribution in [0.2, 0.25) is 0 Å². The fourth-order valence-corrected chi connectivity index (χ4v) is 0.992. The molecule has 1 aromatic heterocycles. The largest absolute Gasteiger partial charge is 0.322 e. The van der Waals surface area contributed by atoms with E-state index in [0.29, 0.717) is 5.69 Å². The summed E-state index contributed by atoms with van der Waals surface area (Å²) >= 11 is 0. The second kappa shape index (κ2) is 5.77. The number of nitrogens with one attached hydrogen (secondary N) is 1. The van der Waals surface area contributed by atoms with E-state index in [4.69, 9.17) is 5.73 Å². The lowest BCUT2D eigenvalue weighted by molar-refractivity contribution is -0.114. The fraction of sp³-hybridized carbons (Fsp3) is 0.500. The second-order valence-electron chi connectivity index (χ2n) is 4.30. The first-order chi connectivity index (χ1) is 6.93. The summed E-state index contributed by atoms with van der Waals surface area (Å²) in [6.45, 7) is 6.04. The molecule has 5 nitrogen and oxygen atoms in total. The monoisotopic (exact) mass is 244 g/mol. The molecule has 0 saturated carbocycles. The summed E-state index contributed by atoms with van der Waals surface area (Å²) < 4.78 is 0. The molecule has 0 aliphatic carbocycles. The smallest absolute Gasteiger partial charge is 0.238 e. The Morgan fingerprint density at radius 1 is 1.38 bits per heavy atom. The van der Waals surface area contributed by atoms with E-state index in [2.05, 4.69) is 15.3 Å². The topological polar surface area (TPSA) is 80.9 Å². The van der Waals surface area contributed by atoms with Gasteiger partial charge in [0, 0.05) is 5.41 Å². The number of hydrogen-bond donors (Lipinski definition) is 2. The van der Waals surface area contributed by atoms with Gasteiger partial charge in [0.2, 0.25) is 5.91 Å². The van der Waals surface area contributed by atoms with Crippen LogP contribution in [0.15, 0.2) is 12.4 Å². The Kier molecular flexibility index (Phi) is 5.33. The summed E-state index contributed by atoms with van der Waals surface area (Å²) in [6.07, 6.45) is 3.17. The first-order valence-corrected chi connectivity index (χ1v) is 4.76. The Bertz CT molecular complexity index is 345. The van der Waals surface area contributed by atoms with Gasteiger partial charge < -0.3 is 11.1 Å². The van der Waals surface area contributed by atoms with Crippen LogP contribution in [-0.2, 0) is 10.2 Å². The van der Waals surface area contributed by atoms with Gasteiger partial charge in [-0.15, -0.1) is 12.4 Å². The van der Waals surface area contributed by atoms with Crippen molar-refractivity contribution in [3.8, 4) is 0 Å². The first-order valence-electron chi connectivity index (χ1n) is 4.76. The van der Waals surface area contributed by atoms with Crippen molar-refractivity contribution in [3.63, 3.8) is 0 Å². The average molecular weight is 245 g/mol. The SMILES string of the molecule is CC(C)(C)c1ncc(NC(=O)CN)cn1.Cl. The Labute approximate surface area is 101 Å². The van der Waals surface area contributed by atoms with Crippen LogP contribution in [0.1, 0.15) is 26.6 Å². The van der Waals surface area contributed by atoms with Crippen molar-refractivity contribution in [1.82, 2.24) is 9.97 Å². The summed E-state index contributed by atoms with van der Waals surface area (Å²) in [5.74, 6) is 0.496. The van der Waals surface area contributed by atoms with Crippen LogP contribution in [0.25, 0.3) is 0 Å². The quantitative estimate of drug-likeness (QED) is 0.816. The minimum absolute atomic E-state index is 0. The van der Waals surface area contributed by atoms with E-state index >= 15 is 0 Å². The molecule has 0 unspecified atom stereocenters. The summed E-state index contributed by atoms with van der Waals surface area (Å²) in [7, 11) is 0. The van der Waals surface area contributed by atoms with Gasteiger partial charge in [-0.3, -0.25) is 4.79 Å². The predicted octanol–water partition coefficient (Wildman–Crippen LogP) is 1.09. The third-order valence-corrected chi connectivity index (χ3v) is 1.79. The van der Waals surface area contributed by atoms with E-state index in [9.17, 15) is 4.79 Å². The highest BCUT2D eigenvalue weighted by atomic mass is 35.5. The van der Waals surface area contributed by atoms with E-state index in [-0.39, 0.29) is 30.3 Å². The van der Waals surface area contributed by atoms with Gasteiger partial charge in [-0.25, -0.2) is 9.97 Å². The Morgan fingerprint density at radius 2 is 1.88 bits per heavy atom. The van der Waals surface area contributed by atoms with Crippen LogP contribution >= 0.6 is 12.4 Å². The number of nitrogens with two attached hydrogens (primary N) is 1. The van der Waals surface area contributed by atoms with E-state index in [1.807, 2.05) is 20.8 Å². The molecule has 6 heteroatoms. The number of rotatable bonds is 2. The van der Waals surface area contributed by atoms with Gasteiger partial charge in [0.05, 0.1) is 24.6 Å². The molecular weight excluding hydrogens is 228 g/mol. The van der Waals surface area contributed by atoms with Gasteiger partial charge in [-0.05, 0) is 0 Å². The molecule has 0 fully saturated rings. The van der Waals surface area contributed by atoms with Crippen LogP contribution in [0.4, 0.5) is 5.69 Å². The maximum Gasteiger partial charge on any atom is 0.238 e. The average Bonchev–Trinajstić information content (AvgIpc) is 2.17. The van der Waals surface area contributed by atoms with E-state index in [0.717, 1.165) is 5.82 Å². The van der Waals surface area contributed by atoms with Crippen LogP contribution in [0.3, 0.4) is 0 Å². The van der Waals surface area contributed by atoms with Crippen molar-refractivity contribution < 1.29 is 4.79 Å². The molecule has 0 bridgehead atoms. The Balaban J connectivity index is 0.00000225. The van der Waals surface area contributed by atoms with E-state index in [1.54, 1.807) is 12.4 Å². The summed E-state index contributed by atoms with van der Waals surface area (Å²) in [5.41, 5.74) is 5.65. The molecule has 0 aromatic carbocycles. The number of anilines is 1. The summed E-state index contributed by atoms with van der Waals surface area (Å²) in [5, 5.41) is 2.58. The zero-order valence-corrected chi connectivity index (χ0v) is 10.5. The molecule has 3 N–H and O–H groups in total. The third kappa shape index (κ3) is 4.12. The van der Waals surface area contributed by atoms with Crippen LogP contribution in [0, 0.1) is 0 Å². The lowest BCUT2D eigenvalue weighted by atomic mass is 9.96. The number of amides is 1. The van der Waals surface area contributed by atoms with Crippen molar-refractivity contribution in [2.45, 2.75) is 26.2 Å². The van der Waals surface area contributed by atoms with Crippen molar-refractivity contribution in [2.24, 2.45) is 5.73 Å². The minimum Gasteiger partial charge on any atom is -0.322 e. The normalized spacial score (nSPS) is 10.5. The maximum absolute atomic E-state index is 11.0. The molecule has 16 heavy (non-hydrogen) atoms. The molecule has 90 valence electrons. The Morgan fingerprint density at radius 3 is 2.25 bits per heavy atom. The molecule has 1 aromatic rings. The molecule has 1 amide bonds. The number of halogens is 1. The molecule has 0 aliphatic rings. The maximum atomic E-state index is 11.0. The van der Waals surface area contributed by atoms with E-state index in [1.165, 1.54) is 0 Å². The van der Waals surface area contributed by atoms with Crippen molar-refractivity contribution in [2.75, 3.05) is 11.9 Å². The van der Waals surface area contributed by atoms with Gasteiger partial charge in [-0.2, -0.15) is 0 Å². The highest BCUT2D eigenvalue weighted by Gasteiger charge is 2.16. The second-order valence-corrected chi connectivity index (χ2v) is 4.30. The van der Waals surface area contributed by atoms with Gasteiger partial charge in [0.15, 0.2) is 0 Å². The molecule has 0 aliphatic heterocycles. The number of aromatic nitrogens is 2. The molecule has 0 saturated heterocycles. The summed E-state index contributed by atoms with van der Waals surface area (Å²) in [4.78, 5) is 19.3. The van der Waals surface area contributed by atoms with Crippen molar-refractivity contribution in [1.29, 1.82) is 0 Å². The standard InChI is InChI=1S/C10H16N4O.ClH/c1-10(2,3)9-12-5-7(6-13-9)14-8(15)4-11;/h5-6H,4,11H2,1-3H3,(H,14,15);1H. The molecular formula is C10H17ClN4O. The number of carbonyl (C=O) groups excluding carboxylic acids is 1. The molecule has 0 atom stereocenters. The lowest BCUT2D eigenvalue weighted by Crippen LogP contribution is -2.22. The van der Waals surface area contributed by atoms with Crippen molar-refractivity contribution in [3.05, 3.63) is 18.2 Å². The Hall–Kier alpha value is -1.20. The molecule has 0 spiro atoms. The molecule has 1 rings (SSSR count). The zero-order chi connectivity index (χ0) is 11.5. The number of nitrogens with zero attached hydrogens (tertiary/aromatic N) is 2. The summed E-state index contributed by atoms with van der Waals surface area (Å²) in [6, 6.07) is 0. The highest BCUT2D eigenvalue weighted by molar-refractivity contribution is 5.91. The van der Waals surface area contributed by atoms with Crippen molar-refractivity contribution >= 4 is 24.0 Å². The van der Waals surface area contributed by atoms with E-state index < -0.39 is 0 Å². The minimum atomic E-state index is -0.248. The van der Waals surface area contributed by atoms with Gasteiger partial charge in [0.1, 0.15) is 5.82 Å². The van der Waals surface area contributed by atoms with Gasteiger partial charge in [0.25, 0.3) is 0 Å². The number of carbonyl (C=O) groups is 1. The van der Waals surface area contributed by atoms with Gasteiger partial charge >= 0.3 is 0 Å². The van der Waals surface area contributed by atoms with Crippen LogP contribution in [-0.4, -0.2) is 22.4 Å². The lowest BCUT2D eigenvalue weighted by Gasteiger charge is -2.16. The number of hydrogen-bond acceptors (Lipinski definition) is 4. The zero-order valence-electron chi connectivity index (χ0n) is 9.65. The van der Waals surface area contributed by atoms with Crippen LogP contribution in [0.5, 0.6) is 0 Å².